The Morgan fingerprint density at radius 3 is 2.81 bits per heavy atom. The summed E-state index contributed by atoms with van der Waals surface area (Å²) < 4.78 is 10.6. The normalized spacial score (nSPS) is 11.6. The van der Waals surface area contributed by atoms with E-state index in [4.69, 9.17) is 14.7 Å². The number of hydrogen-bond donors (Lipinski definition) is 1. The van der Waals surface area contributed by atoms with Gasteiger partial charge in [0.05, 0.1) is 13.2 Å². The number of likely N-dealkylation sites (N-methyl/N-ethyl adjacent to an activating group) is 1. The third kappa shape index (κ3) is 3.79. The largest absolute Gasteiger partial charge is 0.497 e. The van der Waals surface area contributed by atoms with E-state index in [1.807, 2.05) is 25.1 Å². The number of ether oxygens (including phenoxy) is 2. The molecule has 1 unspecified atom stereocenters. The van der Waals surface area contributed by atoms with E-state index in [2.05, 4.69) is 11.4 Å². The highest BCUT2D eigenvalue weighted by Gasteiger charge is 2.06. The van der Waals surface area contributed by atoms with Crippen molar-refractivity contribution in [3.63, 3.8) is 0 Å². The van der Waals surface area contributed by atoms with Gasteiger partial charge in [0.25, 0.3) is 0 Å². The number of nitriles is 1. The van der Waals surface area contributed by atoms with Gasteiger partial charge in [0, 0.05) is 6.07 Å². The maximum absolute atomic E-state index is 8.82. The predicted molar refractivity (Wildman–Crippen MR) is 61.6 cm³/mol. The Labute approximate surface area is 95.8 Å². The van der Waals surface area contributed by atoms with Crippen LogP contribution in [-0.4, -0.2) is 26.3 Å². The fraction of sp³-hybridized carbons (Fsp3) is 0.417. The second kappa shape index (κ2) is 6.70. The van der Waals surface area contributed by atoms with E-state index in [0.29, 0.717) is 12.4 Å². The average Bonchev–Trinajstić information content (AvgIpc) is 2.34. The van der Waals surface area contributed by atoms with E-state index < -0.39 is 0 Å². The predicted octanol–water partition coefficient (Wildman–Crippen LogP) is 1.58. The molecule has 0 amide bonds. The SMILES string of the molecule is CCNC(C#N)COc1cccc(OC)c1. The maximum Gasteiger partial charge on any atom is 0.130 e. The summed E-state index contributed by atoms with van der Waals surface area (Å²) in [6.07, 6.45) is 0. The molecular formula is C12H16N2O2. The summed E-state index contributed by atoms with van der Waals surface area (Å²) in [5.41, 5.74) is 0. The number of nitrogens with zero attached hydrogens (tertiary/aromatic N) is 1. The van der Waals surface area contributed by atoms with E-state index >= 15 is 0 Å². The van der Waals surface area contributed by atoms with Gasteiger partial charge in [0.15, 0.2) is 0 Å². The number of methoxy groups -OCH3 is 1. The topological polar surface area (TPSA) is 54.3 Å². The molecule has 0 aromatic heterocycles. The summed E-state index contributed by atoms with van der Waals surface area (Å²) in [4.78, 5) is 0. The zero-order valence-corrected chi connectivity index (χ0v) is 9.56. The van der Waals surface area contributed by atoms with Crippen molar-refractivity contribution in [2.45, 2.75) is 13.0 Å². The minimum atomic E-state index is -0.281. The van der Waals surface area contributed by atoms with Crippen LogP contribution in [0.3, 0.4) is 0 Å². The number of nitrogens with one attached hydrogen (secondary N) is 1. The fourth-order valence-electron chi connectivity index (χ4n) is 1.26. The van der Waals surface area contributed by atoms with Crippen LogP contribution < -0.4 is 14.8 Å². The molecule has 0 aliphatic carbocycles. The number of benzene rings is 1. The summed E-state index contributed by atoms with van der Waals surface area (Å²) >= 11 is 0. The Morgan fingerprint density at radius 2 is 2.19 bits per heavy atom. The maximum atomic E-state index is 8.82. The molecule has 0 spiro atoms. The molecule has 1 N–H and O–H groups in total. The van der Waals surface area contributed by atoms with E-state index in [0.717, 1.165) is 12.3 Å². The molecule has 86 valence electrons. The Bertz CT molecular complexity index is 360. The molecule has 1 aromatic carbocycles. The Kier molecular flexibility index (Phi) is 5.17. The smallest absolute Gasteiger partial charge is 0.130 e. The van der Waals surface area contributed by atoms with Crippen LogP contribution in [0.2, 0.25) is 0 Å². The molecule has 0 aliphatic rings. The minimum absolute atomic E-state index is 0.281. The zero-order chi connectivity index (χ0) is 11.8. The van der Waals surface area contributed by atoms with Crippen molar-refractivity contribution in [1.82, 2.24) is 5.32 Å². The molecule has 4 nitrogen and oxygen atoms in total. The molecule has 4 heteroatoms. The lowest BCUT2D eigenvalue weighted by Crippen LogP contribution is -2.32. The lowest BCUT2D eigenvalue weighted by Gasteiger charge is -2.12. The van der Waals surface area contributed by atoms with Crippen molar-refractivity contribution >= 4 is 0 Å². The zero-order valence-electron chi connectivity index (χ0n) is 9.56. The van der Waals surface area contributed by atoms with Crippen LogP contribution in [0.5, 0.6) is 11.5 Å². The van der Waals surface area contributed by atoms with Gasteiger partial charge < -0.3 is 9.47 Å². The lowest BCUT2D eigenvalue weighted by molar-refractivity contribution is 0.289. The first-order chi connectivity index (χ1) is 7.80. The Hall–Kier alpha value is -1.73. The molecule has 0 bridgehead atoms. The van der Waals surface area contributed by atoms with Gasteiger partial charge in [-0.1, -0.05) is 13.0 Å². The van der Waals surface area contributed by atoms with Gasteiger partial charge >= 0.3 is 0 Å². The van der Waals surface area contributed by atoms with Crippen molar-refractivity contribution in [2.24, 2.45) is 0 Å². The van der Waals surface area contributed by atoms with Gasteiger partial charge in [-0.25, -0.2) is 0 Å². The lowest BCUT2D eigenvalue weighted by atomic mass is 10.3. The second-order valence-corrected chi connectivity index (χ2v) is 3.23. The van der Waals surface area contributed by atoms with Gasteiger partial charge in [-0.15, -0.1) is 0 Å². The molecule has 0 heterocycles. The molecular weight excluding hydrogens is 204 g/mol. The highest BCUT2D eigenvalue weighted by atomic mass is 16.5. The van der Waals surface area contributed by atoms with Gasteiger partial charge in [-0.05, 0) is 18.7 Å². The number of rotatable bonds is 6. The van der Waals surface area contributed by atoms with E-state index in [1.165, 1.54) is 0 Å². The quantitative estimate of drug-likeness (QED) is 0.790. The third-order valence-electron chi connectivity index (χ3n) is 2.06. The third-order valence-corrected chi connectivity index (χ3v) is 2.06. The molecule has 1 aromatic rings. The van der Waals surface area contributed by atoms with Crippen molar-refractivity contribution in [1.29, 1.82) is 5.26 Å². The molecule has 1 atom stereocenters. The summed E-state index contributed by atoms with van der Waals surface area (Å²) in [7, 11) is 1.61. The summed E-state index contributed by atoms with van der Waals surface area (Å²) in [6, 6.07) is 9.18. The first kappa shape index (κ1) is 12.3. The van der Waals surface area contributed by atoms with Gasteiger partial charge in [0.2, 0.25) is 0 Å². The van der Waals surface area contributed by atoms with Gasteiger partial charge in [-0.2, -0.15) is 5.26 Å². The Balaban J connectivity index is 2.50. The Morgan fingerprint density at radius 1 is 1.44 bits per heavy atom. The van der Waals surface area contributed by atoms with Crippen LogP contribution >= 0.6 is 0 Å². The summed E-state index contributed by atoms with van der Waals surface area (Å²) in [5, 5.41) is 11.8. The van der Waals surface area contributed by atoms with Gasteiger partial charge in [-0.3, -0.25) is 5.32 Å². The van der Waals surface area contributed by atoms with E-state index in [9.17, 15) is 0 Å². The van der Waals surface area contributed by atoms with Crippen LogP contribution in [0, 0.1) is 11.3 Å². The van der Waals surface area contributed by atoms with Crippen LogP contribution in [0.15, 0.2) is 24.3 Å². The molecule has 0 radical (unpaired) electrons. The summed E-state index contributed by atoms with van der Waals surface area (Å²) in [5.74, 6) is 1.45. The molecule has 16 heavy (non-hydrogen) atoms. The molecule has 0 saturated heterocycles. The number of hydrogen-bond acceptors (Lipinski definition) is 4. The van der Waals surface area contributed by atoms with Crippen LogP contribution in [-0.2, 0) is 0 Å². The fourth-order valence-corrected chi connectivity index (χ4v) is 1.26. The summed E-state index contributed by atoms with van der Waals surface area (Å²) in [6.45, 7) is 3.03. The van der Waals surface area contributed by atoms with Crippen LogP contribution in [0.4, 0.5) is 0 Å². The first-order valence-electron chi connectivity index (χ1n) is 5.20. The monoisotopic (exact) mass is 220 g/mol. The van der Waals surface area contributed by atoms with Gasteiger partial charge in [0.1, 0.15) is 24.1 Å². The van der Waals surface area contributed by atoms with Crippen molar-refractivity contribution in [2.75, 3.05) is 20.3 Å². The molecule has 0 aliphatic heterocycles. The minimum Gasteiger partial charge on any atom is -0.497 e. The van der Waals surface area contributed by atoms with E-state index in [-0.39, 0.29) is 6.04 Å². The van der Waals surface area contributed by atoms with Crippen LogP contribution in [0.25, 0.3) is 0 Å². The van der Waals surface area contributed by atoms with Crippen LogP contribution in [0.1, 0.15) is 6.92 Å². The second-order valence-electron chi connectivity index (χ2n) is 3.23. The van der Waals surface area contributed by atoms with E-state index in [1.54, 1.807) is 13.2 Å². The highest BCUT2D eigenvalue weighted by Crippen LogP contribution is 2.18. The molecule has 0 fully saturated rings. The van der Waals surface area contributed by atoms with Crippen molar-refractivity contribution < 1.29 is 9.47 Å². The van der Waals surface area contributed by atoms with Crippen molar-refractivity contribution in [3.8, 4) is 17.6 Å². The first-order valence-corrected chi connectivity index (χ1v) is 5.20. The highest BCUT2D eigenvalue weighted by molar-refractivity contribution is 5.32. The molecule has 0 saturated carbocycles. The standard InChI is InChI=1S/C12H16N2O2/c1-3-14-10(8-13)9-16-12-6-4-5-11(7-12)15-2/h4-7,10,14H,3,9H2,1-2H3. The average molecular weight is 220 g/mol. The molecule has 1 rings (SSSR count). The van der Waals surface area contributed by atoms with Crippen molar-refractivity contribution in [3.05, 3.63) is 24.3 Å².